The molecule has 0 unspecified atom stereocenters. The molecular formula is C15H12BrClN2. The number of hydrogen-bond donors (Lipinski definition) is 0. The quantitative estimate of drug-likeness (QED) is 0.613. The first-order valence-electron chi connectivity index (χ1n) is 5.99. The van der Waals surface area contributed by atoms with Gasteiger partial charge in [-0.25, -0.2) is 4.98 Å². The summed E-state index contributed by atoms with van der Waals surface area (Å²) in [5.41, 5.74) is 4.39. The molecule has 3 rings (SSSR count). The van der Waals surface area contributed by atoms with Crippen LogP contribution >= 0.6 is 27.5 Å². The van der Waals surface area contributed by atoms with Crippen molar-refractivity contribution >= 4 is 38.6 Å². The van der Waals surface area contributed by atoms with E-state index in [4.69, 9.17) is 11.6 Å². The van der Waals surface area contributed by atoms with Gasteiger partial charge in [0.25, 0.3) is 0 Å². The molecule has 0 atom stereocenters. The number of benzene rings is 2. The number of alkyl halides is 1. The summed E-state index contributed by atoms with van der Waals surface area (Å²) in [6, 6.07) is 14.3. The molecule has 0 spiro atoms. The summed E-state index contributed by atoms with van der Waals surface area (Å²) in [7, 11) is 0. The van der Waals surface area contributed by atoms with Crippen molar-refractivity contribution in [3.63, 3.8) is 0 Å². The first-order chi connectivity index (χ1) is 9.20. The Labute approximate surface area is 125 Å². The molecule has 0 N–H and O–H groups in total. The molecule has 0 saturated carbocycles. The number of nitrogens with zero attached hydrogens (tertiary/aromatic N) is 2. The Hall–Kier alpha value is -1.32. The van der Waals surface area contributed by atoms with E-state index in [2.05, 4.69) is 50.6 Å². The van der Waals surface area contributed by atoms with Crippen LogP contribution in [0.25, 0.3) is 16.7 Å². The van der Waals surface area contributed by atoms with Gasteiger partial charge in [-0.2, -0.15) is 0 Å². The second-order valence-corrected chi connectivity index (χ2v) is 5.60. The van der Waals surface area contributed by atoms with Crippen molar-refractivity contribution in [1.29, 1.82) is 0 Å². The predicted molar refractivity (Wildman–Crippen MR) is 83.1 cm³/mol. The zero-order chi connectivity index (χ0) is 13.4. The normalized spacial score (nSPS) is 11.1. The third-order valence-electron chi connectivity index (χ3n) is 3.15. The van der Waals surface area contributed by atoms with E-state index in [9.17, 15) is 0 Å². The maximum Gasteiger partial charge on any atom is 0.129 e. The summed E-state index contributed by atoms with van der Waals surface area (Å²) in [5, 5.41) is 0. The molecule has 0 saturated heterocycles. The molecule has 1 heterocycles. The van der Waals surface area contributed by atoms with E-state index < -0.39 is 0 Å². The van der Waals surface area contributed by atoms with E-state index in [1.807, 2.05) is 24.3 Å². The fraction of sp³-hybridized carbons (Fsp3) is 0.133. The summed E-state index contributed by atoms with van der Waals surface area (Å²) < 4.78 is 3.19. The highest BCUT2D eigenvalue weighted by atomic mass is 79.9. The van der Waals surface area contributed by atoms with Crippen molar-refractivity contribution in [3.8, 4) is 5.69 Å². The van der Waals surface area contributed by atoms with Crippen LogP contribution in [0.3, 0.4) is 0 Å². The predicted octanol–water partition coefficient (Wildman–Crippen LogP) is 4.84. The van der Waals surface area contributed by atoms with Gasteiger partial charge < -0.3 is 0 Å². The molecule has 2 aromatic carbocycles. The number of imidazole rings is 1. The van der Waals surface area contributed by atoms with E-state index in [0.717, 1.165) is 27.0 Å². The summed E-state index contributed by atoms with van der Waals surface area (Å²) in [5.74, 6) is 1.26. The van der Waals surface area contributed by atoms with Gasteiger partial charge in [0.1, 0.15) is 5.82 Å². The zero-order valence-corrected chi connectivity index (χ0v) is 12.7. The number of para-hydroxylation sites is 1. The summed E-state index contributed by atoms with van der Waals surface area (Å²) in [4.78, 5) is 4.61. The molecule has 4 heteroatoms. The highest BCUT2D eigenvalue weighted by Gasteiger charge is 2.13. The third kappa shape index (κ3) is 2.17. The van der Waals surface area contributed by atoms with Gasteiger partial charge in [-0.1, -0.05) is 28.1 Å². The minimum atomic E-state index is 0.393. The number of rotatable bonds is 2. The summed E-state index contributed by atoms with van der Waals surface area (Å²) in [6.07, 6.45) is 0. The van der Waals surface area contributed by atoms with Crippen LogP contribution in [0.2, 0.25) is 0 Å². The van der Waals surface area contributed by atoms with Crippen molar-refractivity contribution in [1.82, 2.24) is 9.55 Å². The van der Waals surface area contributed by atoms with Crippen LogP contribution in [0.15, 0.2) is 46.9 Å². The smallest absolute Gasteiger partial charge is 0.129 e. The van der Waals surface area contributed by atoms with Crippen LogP contribution in [0.4, 0.5) is 0 Å². The molecule has 0 fully saturated rings. The highest BCUT2D eigenvalue weighted by molar-refractivity contribution is 9.10. The second-order valence-electron chi connectivity index (χ2n) is 4.42. The fourth-order valence-electron chi connectivity index (χ4n) is 2.30. The highest BCUT2D eigenvalue weighted by Crippen LogP contribution is 2.26. The number of aryl methyl sites for hydroxylation is 1. The Bertz CT molecular complexity index is 732. The van der Waals surface area contributed by atoms with Crippen LogP contribution in [-0.4, -0.2) is 9.55 Å². The maximum absolute atomic E-state index is 6.04. The van der Waals surface area contributed by atoms with Crippen LogP contribution in [0.5, 0.6) is 0 Å². The third-order valence-corrected chi connectivity index (χ3v) is 3.92. The molecule has 0 amide bonds. The minimum Gasteiger partial charge on any atom is -0.295 e. The van der Waals surface area contributed by atoms with Crippen LogP contribution in [0.1, 0.15) is 11.4 Å². The van der Waals surface area contributed by atoms with E-state index in [-0.39, 0.29) is 0 Å². The van der Waals surface area contributed by atoms with Crippen molar-refractivity contribution in [3.05, 3.63) is 58.3 Å². The van der Waals surface area contributed by atoms with E-state index >= 15 is 0 Å². The topological polar surface area (TPSA) is 17.8 Å². The molecule has 3 aromatic rings. The lowest BCUT2D eigenvalue weighted by Gasteiger charge is -2.09. The second kappa shape index (κ2) is 4.99. The van der Waals surface area contributed by atoms with Gasteiger partial charge in [0.2, 0.25) is 0 Å². The molecule has 0 aliphatic carbocycles. The average Bonchev–Trinajstić information content (AvgIpc) is 2.80. The largest absolute Gasteiger partial charge is 0.295 e. The fourth-order valence-corrected chi connectivity index (χ4v) is 2.74. The monoisotopic (exact) mass is 334 g/mol. The summed E-state index contributed by atoms with van der Waals surface area (Å²) >= 11 is 9.50. The van der Waals surface area contributed by atoms with Crippen molar-refractivity contribution < 1.29 is 0 Å². The number of hydrogen-bond acceptors (Lipinski definition) is 1. The maximum atomic E-state index is 6.04. The number of aromatic nitrogens is 2. The molecule has 2 nitrogen and oxygen atoms in total. The van der Waals surface area contributed by atoms with Crippen LogP contribution < -0.4 is 0 Å². The Morgan fingerprint density at radius 1 is 1.16 bits per heavy atom. The van der Waals surface area contributed by atoms with Gasteiger partial charge in [0.05, 0.1) is 16.9 Å². The molecule has 96 valence electrons. The first kappa shape index (κ1) is 12.7. The number of halogens is 2. The lowest BCUT2D eigenvalue weighted by atomic mass is 10.2. The first-order valence-corrected chi connectivity index (χ1v) is 7.32. The Morgan fingerprint density at radius 3 is 2.58 bits per heavy atom. The van der Waals surface area contributed by atoms with Crippen molar-refractivity contribution in [2.75, 3.05) is 0 Å². The van der Waals surface area contributed by atoms with Gasteiger partial charge in [-0.15, -0.1) is 11.6 Å². The van der Waals surface area contributed by atoms with E-state index in [1.54, 1.807) is 0 Å². The zero-order valence-electron chi connectivity index (χ0n) is 10.4. The lowest BCUT2D eigenvalue weighted by Crippen LogP contribution is -1.99. The van der Waals surface area contributed by atoms with Gasteiger partial charge in [-0.05, 0) is 42.8 Å². The lowest BCUT2D eigenvalue weighted by molar-refractivity contribution is 0.979. The van der Waals surface area contributed by atoms with E-state index in [1.165, 1.54) is 5.56 Å². The molecule has 1 aromatic heterocycles. The minimum absolute atomic E-state index is 0.393. The van der Waals surface area contributed by atoms with Crippen molar-refractivity contribution in [2.24, 2.45) is 0 Å². The van der Waals surface area contributed by atoms with E-state index in [0.29, 0.717) is 5.88 Å². The Morgan fingerprint density at radius 2 is 1.89 bits per heavy atom. The van der Waals surface area contributed by atoms with Crippen LogP contribution in [0, 0.1) is 6.92 Å². The van der Waals surface area contributed by atoms with Gasteiger partial charge in [0, 0.05) is 10.2 Å². The molecule has 0 bridgehead atoms. The molecule has 0 aliphatic rings. The van der Waals surface area contributed by atoms with Gasteiger partial charge in [0.15, 0.2) is 0 Å². The number of fused-ring (bicyclic) bond motifs is 1. The SMILES string of the molecule is Cc1cccc2nc(CCl)n(-c3ccc(Br)cc3)c12. The molecule has 19 heavy (non-hydrogen) atoms. The van der Waals surface area contributed by atoms with Crippen LogP contribution in [-0.2, 0) is 5.88 Å². The van der Waals surface area contributed by atoms with Gasteiger partial charge >= 0.3 is 0 Å². The summed E-state index contributed by atoms with van der Waals surface area (Å²) in [6.45, 7) is 2.09. The Kier molecular flexibility index (Phi) is 3.33. The standard InChI is InChI=1S/C15H12BrClN2/c1-10-3-2-4-13-15(10)19(14(9-17)18-13)12-7-5-11(16)6-8-12/h2-8H,9H2,1H3. The van der Waals surface area contributed by atoms with Gasteiger partial charge in [-0.3, -0.25) is 4.57 Å². The average molecular weight is 336 g/mol. The Balaban J connectivity index is 2.35. The molecular weight excluding hydrogens is 324 g/mol. The molecule has 0 aliphatic heterocycles. The van der Waals surface area contributed by atoms with Crippen molar-refractivity contribution in [2.45, 2.75) is 12.8 Å². The molecule has 0 radical (unpaired) electrons.